The highest BCUT2D eigenvalue weighted by Crippen LogP contribution is 2.28. The van der Waals surface area contributed by atoms with Gasteiger partial charge in [-0.3, -0.25) is 4.79 Å². The van der Waals surface area contributed by atoms with Crippen molar-refractivity contribution in [2.24, 2.45) is 0 Å². The Morgan fingerprint density at radius 1 is 1.13 bits per heavy atom. The number of hydrogen-bond donors (Lipinski definition) is 0. The molecule has 0 saturated carbocycles. The van der Waals surface area contributed by atoms with Crippen molar-refractivity contribution in [1.82, 2.24) is 0 Å². The predicted octanol–water partition coefficient (Wildman–Crippen LogP) is 3.73. The molecule has 0 fully saturated rings. The lowest BCUT2D eigenvalue weighted by Gasteiger charge is -2.02. The normalized spacial score (nSPS) is 10.9. The van der Waals surface area contributed by atoms with E-state index in [1.54, 1.807) is 0 Å². The van der Waals surface area contributed by atoms with E-state index in [4.69, 9.17) is 0 Å². The number of rotatable bonds is 2. The Morgan fingerprint density at radius 2 is 1.93 bits per heavy atom. The minimum Gasteiger partial charge on any atom is -0.298 e. The lowest BCUT2D eigenvalue weighted by Crippen LogP contribution is -1.84. The molecule has 2 rings (SSSR count). The van der Waals surface area contributed by atoms with Crippen molar-refractivity contribution in [3.05, 3.63) is 47.5 Å². The van der Waals surface area contributed by atoms with Crippen LogP contribution in [-0.2, 0) is 0 Å². The zero-order chi connectivity index (χ0) is 10.8. The van der Waals surface area contributed by atoms with Gasteiger partial charge in [-0.15, -0.1) is 0 Å². The fourth-order valence-electron chi connectivity index (χ4n) is 1.78. The Morgan fingerprint density at radius 3 is 2.60 bits per heavy atom. The van der Waals surface area contributed by atoms with Gasteiger partial charge in [-0.2, -0.15) is 0 Å². The summed E-state index contributed by atoms with van der Waals surface area (Å²) >= 11 is 0. The molecule has 0 bridgehead atoms. The maximum Gasteiger partial charge on any atom is 0.150 e. The van der Waals surface area contributed by atoms with Crippen LogP contribution < -0.4 is 0 Å². The van der Waals surface area contributed by atoms with Gasteiger partial charge in [0.15, 0.2) is 6.29 Å². The second-order valence-corrected chi connectivity index (χ2v) is 4.10. The van der Waals surface area contributed by atoms with Crippen LogP contribution in [0.15, 0.2) is 36.4 Å². The molecule has 1 nitrogen and oxygen atoms in total. The molecule has 0 atom stereocenters. The van der Waals surface area contributed by atoms with Gasteiger partial charge in [0.1, 0.15) is 0 Å². The molecule has 0 aromatic rings. The maximum atomic E-state index is 10.9. The Hall–Kier alpha value is -1.63. The van der Waals surface area contributed by atoms with Crippen LogP contribution in [0, 0.1) is 0 Å². The summed E-state index contributed by atoms with van der Waals surface area (Å²) in [5.41, 5.74) is 4.23. The van der Waals surface area contributed by atoms with Crippen molar-refractivity contribution in [2.75, 3.05) is 0 Å². The summed E-state index contributed by atoms with van der Waals surface area (Å²) < 4.78 is 0. The molecule has 1 heteroatoms. The number of hydrogen-bond acceptors (Lipinski definition) is 1. The van der Waals surface area contributed by atoms with E-state index in [2.05, 4.69) is 26.0 Å². The molecule has 0 saturated heterocycles. The molecule has 0 unspecified atom stereocenters. The lowest BCUT2D eigenvalue weighted by atomic mass is 10.0. The molecular formula is C14H14O. The highest BCUT2D eigenvalue weighted by molar-refractivity contribution is 5.89. The summed E-state index contributed by atoms with van der Waals surface area (Å²) in [6.07, 6.45) is 0.923. The molecular weight excluding hydrogens is 184 g/mol. The highest BCUT2D eigenvalue weighted by Gasteiger charge is 2.08. The summed E-state index contributed by atoms with van der Waals surface area (Å²) in [6.45, 7) is 4.31. The van der Waals surface area contributed by atoms with Crippen LogP contribution >= 0.6 is 0 Å². The Bertz CT molecular complexity index is 457. The van der Waals surface area contributed by atoms with Crippen molar-refractivity contribution in [1.29, 1.82) is 0 Å². The molecule has 0 N–H and O–H groups in total. The van der Waals surface area contributed by atoms with E-state index in [1.807, 2.05) is 24.3 Å². The van der Waals surface area contributed by atoms with Crippen molar-refractivity contribution >= 4 is 6.29 Å². The molecule has 2 aliphatic carbocycles. The van der Waals surface area contributed by atoms with E-state index in [0.29, 0.717) is 5.92 Å². The molecule has 0 aromatic carbocycles. The Kier molecular flexibility index (Phi) is 2.55. The molecule has 0 amide bonds. The van der Waals surface area contributed by atoms with E-state index in [1.165, 1.54) is 5.56 Å². The van der Waals surface area contributed by atoms with Crippen molar-refractivity contribution in [2.45, 2.75) is 19.8 Å². The lowest BCUT2D eigenvalue weighted by molar-refractivity contribution is 0.112. The van der Waals surface area contributed by atoms with E-state index >= 15 is 0 Å². The molecule has 76 valence electrons. The fraction of sp³-hybridized carbons (Fsp3) is 0.214. The third-order valence-electron chi connectivity index (χ3n) is 2.73. The first-order valence-electron chi connectivity index (χ1n) is 5.20. The smallest absolute Gasteiger partial charge is 0.150 e. The van der Waals surface area contributed by atoms with Gasteiger partial charge in [-0.25, -0.2) is 0 Å². The topological polar surface area (TPSA) is 17.1 Å². The average Bonchev–Trinajstić information content (AvgIpc) is 2.46. The minimum absolute atomic E-state index is 0.481. The van der Waals surface area contributed by atoms with Crippen LogP contribution in [0.2, 0.25) is 0 Å². The second-order valence-electron chi connectivity index (χ2n) is 4.10. The van der Waals surface area contributed by atoms with Crippen LogP contribution in [0.3, 0.4) is 0 Å². The summed E-state index contributed by atoms with van der Waals surface area (Å²) in [5.74, 6) is 0.481. The summed E-state index contributed by atoms with van der Waals surface area (Å²) in [5, 5.41) is 0. The van der Waals surface area contributed by atoms with E-state index in [-0.39, 0.29) is 0 Å². The fourth-order valence-corrected chi connectivity index (χ4v) is 1.78. The second kappa shape index (κ2) is 3.85. The number of carbonyl (C=O) groups excluding carboxylic acids is 1. The third-order valence-corrected chi connectivity index (χ3v) is 2.73. The minimum atomic E-state index is 0.481. The van der Waals surface area contributed by atoms with Gasteiger partial charge in [0, 0.05) is 5.56 Å². The van der Waals surface area contributed by atoms with Crippen molar-refractivity contribution in [3.8, 4) is 11.1 Å². The summed E-state index contributed by atoms with van der Waals surface area (Å²) in [6, 6.07) is 12.2. The van der Waals surface area contributed by atoms with Gasteiger partial charge in [0.05, 0.1) is 0 Å². The molecule has 0 aromatic heterocycles. The standard InChI is InChI=1S/C14H14O/c1-10(2)12-5-3-4-11-6-7-13(9-15)14(11)8-12/h3-10H,1-2H3. The van der Waals surface area contributed by atoms with Gasteiger partial charge < -0.3 is 0 Å². The first-order valence-corrected chi connectivity index (χ1v) is 5.20. The largest absolute Gasteiger partial charge is 0.298 e. The van der Waals surface area contributed by atoms with Gasteiger partial charge in [0.2, 0.25) is 0 Å². The van der Waals surface area contributed by atoms with Crippen LogP contribution in [0.25, 0.3) is 11.1 Å². The molecule has 0 aliphatic heterocycles. The first-order chi connectivity index (χ1) is 7.22. The highest BCUT2D eigenvalue weighted by atomic mass is 16.1. The van der Waals surface area contributed by atoms with Gasteiger partial charge in [-0.1, -0.05) is 50.2 Å². The summed E-state index contributed by atoms with van der Waals surface area (Å²) in [4.78, 5) is 10.9. The third kappa shape index (κ3) is 1.78. The van der Waals surface area contributed by atoms with Gasteiger partial charge >= 0.3 is 0 Å². The molecule has 2 aliphatic rings. The van der Waals surface area contributed by atoms with Gasteiger partial charge in [-0.05, 0) is 22.6 Å². The van der Waals surface area contributed by atoms with Gasteiger partial charge in [0.25, 0.3) is 0 Å². The van der Waals surface area contributed by atoms with Crippen LogP contribution in [0.1, 0.15) is 35.7 Å². The molecule has 0 heterocycles. The summed E-state index contributed by atoms with van der Waals surface area (Å²) in [7, 11) is 0. The van der Waals surface area contributed by atoms with Crippen LogP contribution in [-0.4, -0.2) is 6.29 Å². The number of fused-ring (bicyclic) bond motifs is 1. The Balaban J connectivity index is 2.65. The van der Waals surface area contributed by atoms with Crippen molar-refractivity contribution < 1.29 is 4.79 Å². The average molecular weight is 198 g/mol. The molecule has 15 heavy (non-hydrogen) atoms. The van der Waals surface area contributed by atoms with Crippen molar-refractivity contribution in [3.63, 3.8) is 0 Å². The predicted molar refractivity (Wildman–Crippen MR) is 62.5 cm³/mol. The van der Waals surface area contributed by atoms with E-state index in [9.17, 15) is 4.79 Å². The Labute approximate surface area is 90.1 Å². The SMILES string of the molecule is CC(C)c1cccc2ccc(C=O)c-2c1. The van der Waals surface area contributed by atoms with Crippen LogP contribution in [0.5, 0.6) is 0 Å². The van der Waals surface area contributed by atoms with E-state index in [0.717, 1.165) is 23.0 Å². The maximum absolute atomic E-state index is 10.9. The monoisotopic (exact) mass is 198 g/mol. The number of carbonyl (C=O) groups is 1. The zero-order valence-corrected chi connectivity index (χ0v) is 9.03. The first kappa shape index (κ1) is 9.91. The van der Waals surface area contributed by atoms with E-state index < -0.39 is 0 Å². The number of aldehydes is 1. The molecule has 0 spiro atoms. The molecule has 0 radical (unpaired) electrons. The van der Waals surface area contributed by atoms with Crippen LogP contribution in [0.4, 0.5) is 0 Å². The zero-order valence-electron chi connectivity index (χ0n) is 9.03. The quantitative estimate of drug-likeness (QED) is 0.672.